The number of aromatic nitrogens is 1. The number of aromatic amines is 1. The number of carbonyl (C=O) groups is 1. The summed E-state index contributed by atoms with van der Waals surface area (Å²) in [6, 6.07) is 5.78. The molecule has 1 unspecified atom stereocenters. The van der Waals surface area contributed by atoms with Crippen molar-refractivity contribution in [2.75, 3.05) is 0 Å². The minimum Gasteiger partial charge on any atom is -0.351 e. The first-order valence-corrected chi connectivity index (χ1v) is 10.1. The van der Waals surface area contributed by atoms with Crippen LogP contribution in [-0.4, -0.2) is 10.8 Å². The fourth-order valence-corrected chi connectivity index (χ4v) is 4.53. The number of carbonyl (C=O) groups excluding carboxylic acids is 1. The first kappa shape index (κ1) is 19.7. The van der Waals surface area contributed by atoms with Gasteiger partial charge < -0.3 is 4.98 Å². The van der Waals surface area contributed by atoms with Gasteiger partial charge in [0.1, 0.15) is 0 Å². The van der Waals surface area contributed by atoms with E-state index in [4.69, 9.17) is 11.6 Å². The first-order chi connectivity index (χ1) is 12.9. The molecular formula is C24H28ClNO. The van der Waals surface area contributed by atoms with E-state index in [1.165, 1.54) is 0 Å². The Labute approximate surface area is 167 Å². The molecule has 1 saturated carbocycles. The maximum Gasteiger partial charge on any atom is 0.179 e. The van der Waals surface area contributed by atoms with E-state index in [2.05, 4.69) is 31.6 Å². The van der Waals surface area contributed by atoms with Crippen molar-refractivity contribution in [1.82, 2.24) is 4.98 Å². The summed E-state index contributed by atoms with van der Waals surface area (Å²) in [5.74, 6) is 1.78. The number of hydrogen-bond donors (Lipinski definition) is 1. The number of ketones is 1. The van der Waals surface area contributed by atoms with Gasteiger partial charge in [-0.25, -0.2) is 0 Å². The van der Waals surface area contributed by atoms with Gasteiger partial charge >= 0.3 is 0 Å². The number of hydrogen-bond acceptors (Lipinski definition) is 1. The summed E-state index contributed by atoms with van der Waals surface area (Å²) in [6.07, 6.45) is 8.77. The van der Waals surface area contributed by atoms with Crippen molar-refractivity contribution in [2.45, 2.75) is 39.0 Å². The fraction of sp³-hybridized carbons (Fsp3) is 0.375. The molecule has 2 nitrogen and oxygen atoms in total. The quantitative estimate of drug-likeness (QED) is 0.398. The lowest BCUT2D eigenvalue weighted by molar-refractivity contribution is 0.0934. The lowest BCUT2D eigenvalue weighted by Gasteiger charge is -2.32. The lowest BCUT2D eigenvalue weighted by atomic mass is 9.73. The van der Waals surface area contributed by atoms with Crippen molar-refractivity contribution < 1.29 is 4.79 Å². The van der Waals surface area contributed by atoms with Crippen LogP contribution < -0.4 is 0 Å². The van der Waals surface area contributed by atoms with E-state index < -0.39 is 0 Å². The highest BCUT2D eigenvalue weighted by Crippen LogP contribution is 2.38. The maximum absolute atomic E-state index is 12.8. The lowest BCUT2D eigenvalue weighted by Crippen LogP contribution is -2.22. The van der Waals surface area contributed by atoms with Gasteiger partial charge in [0.25, 0.3) is 0 Å². The zero-order valence-electron chi connectivity index (χ0n) is 16.1. The molecule has 3 rings (SSSR count). The average molecular weight is 382 g/mol. The number of Topliss-reactive ketones (excluding diaryl/α,β-unsaturated/α-hetero) is 1. The number of benzene rings is 1. The molecule has 0 bridgehead atoms. The van der Waals surface area contributed by atoms with Crippen molar-refractivity contribution in [2.24, 2.45) is 17.8 Å². The number of halogens is 1. The van der Waals surface area contributed by atoms with Crippen LogP contribution in [0.4, 0.5) is 0 Å². The smallest absolute Gasteiger partial charge is 0.179 e. The van der Waals surface area contributed by atoms with Crippen LogP contribution in [0.25, 0.3) is 17.0 Å². The van der Waals surface area contributed by atoms with Crippen LogP contribution in [0.1, 0.15) is 55.1 Å². The summed E-state index contributed by atoms with van der Waals surface area (Å²) in [6.45, 7) is 14.0. The minimum absolute atomic E-state index is 0.175. The summed E-state index contributed by atoms with van der Waals surface area (Å²) >= 11 is 6.33. The molecule has 0 saturated heterocycles. The van der Waals surface area contributed by atoms with Gasteiger partial charge in [-0.2, -0.15) is 0 Å². The molecule has 1 heterocycles. The summed E-state index contributed by atoms with van der Waals surface area (Å²) in [5.41, 5.74) is 3.57. The Balaban J connectivity index is 1.64. The van der Waals surface area contributed by atoms with Gasteiger partial charge in [-0.05, 0) is 67.2 Å². The summed E-state index contributed by atoms with van der Waals surface area (Å²) in [5, 5.41) is 1.58. The van der Waals surface area contributed by atoms with E-state index in [0.717, 1.165) is 47.7 Å². The molecule has 142 valence electrons. The molecule has 1 N–H and O–H groups in total. The van der Waals surface area contributed by atoms with Gasteiger partial charge in [0.05, 0.1) is 16.2 Å². The van der Waals surface area contributed by atoms with Gasteiger partial charge in [-0.1, -0.05) is 56.0 Å². The largest absolute Gasteiger partial charge is 0.351 e. The second-order valence-electron chi connectivity index (χ2n) is 7.83. The number of fused-ring (bicyclic) bond motifs is 1. The van der Waals surface area contributed by atoms with Gasteiger partial charge in [-0.15, -0.1) is 0 Å². The molecule has 1 aromatic heterocycles. The fourth-order valence-electron chi connectivity index (χ4n) is 4.24. The van der Waals surface area contributed by atoms with Gasteiger partial charge in [-0.3, -0.25) is 4.79 Å². The Bertz CT molecular complexity index is 883. The molecule has 1 aromatic carbocycles. The topological polar surface area (TPSA) is 32.9 Å². The third kappa shape index (κ3) is 4.27. The SMILES string of the molecule is C=CC(=C)C(C)C1CCC(CC(=O)c2cc3cc(C=C)cc(Cl)c3[nH]2)CC1. The third-order valence-electron chi connectivity index (χ3n) is 6.16. The highest BCUT2D eigenvalue weighted by atomic mass is 35.5. The third-order valence-corrected chi connectivity index (χ3v) is 6.46. The van der Waals surface area contributed by atoms with E-state index in [1.54, 1.807) is 6.08 Å². The molecule has 0 aliphatic heterocycles. The number of rotatable bonds is 7. The van der Waals surface area contributed by atoms with Crippen molar-refractivity contribution in [3.8, 4) is 0 Å². The average Bonchev–Trinajstić information content (AvgIpc) is 3.12. The van der Waals surface area contributed by atoms with E-state index >= 15 is 0 Å². The Hall–Kier alpha value is -2.06. The van der Waals surface area contributed by atoms with Crippen LogP contribution in [-0.2, 0) is 0 Å². The zero-order chi connectivity index (χ0) is 19.6. The van der Waals surface area contributed by atoms with Gasteiger partial charge in [0, 0.05) is 11.8 Å². The molecule has 1 aliphatic carbocycles. The minimum atomic E-state index is 0.175. The van der Waals surface area contributed by atoms with Crippen LogP contribution in [0.5, 0.6) is 0 Å². The second kappa shape index (κ2) is 8.31. The number of allylic oxidation sites excluding steroid dienone is 2. The van der Waals surface area contributed by atoms with E-state index in [9.17, 15) is 4.79 Å². The van der Waals surface area contributed by atoms with Crippen LogP contribution >= 0.6 is 11.6 Å². The monoisotopic (exact) mass is 381 g/mol. The predicted molar refractivity (Wildman–Crippen MR) is 116 cm³/mol. The van der Waals surface area contributed by atoms with E-state index in [-0.39, 0.29) is 5.78 Å². The molecule has 1 atom stereocenters. The van der Waals surface area contributed by atoms with Crippen molar-refractivity contribution in [1.29, 1.82) is 0 Å². The zero-order valence-corrected chi connectivity index (χ0v) is 16.8. The van der Waals surface area contributed by atoms with E-state index in [1.807, 2.05) is 24.3 Å². The molecule has 1 fully saturated rings. The molecular weight excluding hydrogens is 354 g/mol. The van der Waals surface area contributed by atoms with Crippen LogP contribution in [0, 0.1) is 17.8 Å². The maximum atomic E-state index is 12.8. The van der Waals surface area contributed by atoms with Gasteiger partial charge in [0.2, 0.25) is 0 Å². The van der Waals surface area contributed by atoms with Crippen molar-refractivity contribution in [3.63, 3.8) is 0 Å². The van der Waals surface area contributed by atoms with Crippen LogP contribution in [0.3, 0.4) is 0 Å². The Morgan fingerprint density at radius 1 is 1.26 bits per heavy atom. The Kier molecular flexibility index (Phi) is 6.06. The Morgan fingerprint density at radius 3 is 2.59 bits per heavy atom. The van der Waals surface area contributed by atoms with Crippen LogP contribution in [0.15, 0.2) is 49.6 Å². The van der Waals surface area contributed by atoms with Crippen molar-refractivity contribution >= 4 is 34.4 Å². The molecule has 0 spiro atoms. The molecule has 1 aliphatic rings. The molecule has 27 heavy (non-hydrogen) atoms. The predicted octanol–water partition coefficient (Wildman–Crippen LogP) is 7.22. The standard InChI is InChI=1S/C24H28ClNO/c1-5-15(3)16(4)19-9-7-18(8-10-19)13-23(27)22-14-20-11-17(6-2)12-21(25)24(20)26-22/h5-6,11-12,14,16,18-19,26H,1-3,7-10,13H2,4H3. The molecule has 2 aromatic rings. The highest BCUT2D eigenvalue weighted by molar-refractivity contribution is 6.35. The number of nitrogens with one attached hydrogen (secondary N) is 1. The number of H-pyrrole nitrogens is 1. The Morgan fingerprint density at radius 2 is 1.96 bits per heavy atom. The molecule has 3 heteroatoms. The van der Waals surface area contributed by atoms with Gasteiger partial charge in [0.15, 0.2) is 5.78 Å². The summed E-state index contributed by atoms with van der Waals surface area (Å²) in [7, 11) is 0. The van der Waals surface area contributed by atoms with Crippen molar-refractivity contribution in [3.05, 3.63) is 65.9 Å². The molecule has 0 amide bonds. The summed E-state index contributed by atoms with van der Waals surface area (Å²) < 4.78 is 0. The van der Waals surface area contributed by atoms with Crippen LogP contribution in [0.2, 0.25) is 5.02 Å². The van der Waals surface area contributed by atoms with E-state index in [0.29, 0.717) is 34.9 Å². The molecule has 0 radical (unpaired) electrons. The summed E-state index contributed by atoms with van der Waals surface area (Å²) in [4.78, 5) is 16.0. The first-order valence-electron chi connectivity index (χ1n) is 9.72. The normalized spacial score (nSPS) is 21.0. The highest BCUT2D eigenvalue weighted by Gasteiger charge is 2.27. The second-order valence-corrected chi connectivity index (χ2v) is 8.24.